The number of carbonyl (C=O) groups is 1. The molecule has 1 rings (SSSR count). The van der Waals surface area contributed by atoms with Crippen LogP contribution in [0.5, 0.6) is 5.75 Å². The maximum Gasteiger partial charge on any atom is 0.306 e. The van der Waals surface area contributed by atoms with Crippen molar-refractivity contribution in [1.82, 2.24) is 0 Å². The van der Waals surface area contributed by atoms with E-state index in [0.717, 1.165) is 0 Å². The Kier molecular flexibility index (Phi) is 5.72. The lowest BCUT2D eigenvalue weighted by atomic mass is 10.1. The first-order valence-corrected chi connectivity index (χ1v) is 5.94. The van der Waals surface area contributed by atoms with Crippen LogP contribution in [-0.4, -0.2) is 19.2 Å². The molecule has 0 bridgehead atoms. The fraction of sp³-hybridized carbons (Fsp3) is 0.429. The van der Waals surface area contributed by atoms with Gasteiger partial charge in [-0.2, -0.15) is 5.26 Å². The molecule has 0 fully saturated rings. The van der Waals surface area contributed by atoms with E-state index in [4.69, 9.17) is 14.7 Å². The van der Waals surface area contributed by atoms with Crippen LogP contribution in [0.15, 0.2) is 24.3 Å². The van der Waals surface area contributed by atoms with Gasteiger partial charge in [-0.15, -0.1) is 0 Å². The number of carbonyl (C=O) groups excluding carboxylic acids is 1. The highest BCUT2D eigenvalue weighted by Gasteiger charge is 2.10. The molecule has 0 aliphatic carbocycles. The standard InChI is InChI=1S/C14H17NO3/c1-3-17-14(16)8-11(2)10-18-13-6-4-12(9-15)5-7-13/h4-7,11H,3,8,10H2,1-2H3. The number of rotatable bonds is 6. The van der Waals surface area contributed by atoms with E-state index in [-0.39, 0.29) is 11.9 Å². The summed E-state index contributed by atoms with van der Waals surface area (Å²) in [5.74, 6) is 0.595. The van der Waals surface area contributed by atoms with Gasteiger partial charge in [0, 0.05) is 5.92 Å². The molecule has 1 aromatic rings. The molecule has 1 unspecified atom stereocenters. The lowest BCUT2D eigenvalue weighted by Crippen LogP contribution is -2.15. The van der Waals surface area contributed by atoms with Gasteiger partial charge >= 0.3 is 5.97 Å². The van der Waals surface area contributed by atoms with Crippen LogP contribution in [0.1, 0.15) is 25.8 Å². The molecule has 0 aliphatic heterocycles. The lowest BCUT2D eigenvalue weighted by Gasteiger charge is -2.12. The molecule has 0 saturated heterocycles. The quantitative estimate of drug-likeness (QED) is 0.725. The molecule has 0 radical (unpaired) electrons. The third-order valence-corrected chi connectivity index (χ3v) is 2.34. The first-order chi connectivity index (χ1) is 8.65. The normalized spacial score (nSPS) is 11.4. The van der Waals surface area contributed by atoms with Crippen LogP contribution in [-0.2, 0) is 9.53 Å². The van der Waals surface area contributed by atoms with E-state index in [9.17, 15) is 4.79 Å². The second-order valence-corrected chi connectivity index (χ2v) is 4.06. The van der Waals surface area contributed by atoms with E-state index in [1.807, 2.05) is 13.0 Å². The van der Waals surface area contributed by atoms with Gasteiger partial charge in [-0.25, -0.2) is 0 Å². The molecular formula is C14H17NO3. The molecule has 0 amide bonds. The number of nitriles is 1. The van der Waals surface area contributed by atoms with Crippen molar-refractivity contribution < 1.29 is 14.3 Å². The molecule has 1 atom stereocenters. The summed E-state index contributed by atoms with van der Waals surface area (Å²) >= 11 is 0. The van der Waals surface area contributed by atoms with Gasteiger partial charge in [-0.3, -0.25) is 4.79 Å². The highest BCUT2D eigenvalue weighted by Crippen LogP contribution is 2.13. The van der Waals surface area contributed by atoms with E-state index in [1.165, 1.54) is 0 Å². The Morgan fingerprint density at radius 1 is 1.39 bits per heavy atom. The monoisotopic (exact) mass is 247 g/mol. The molecule has 0 aliphatic rings. The Labute approximate surface area is 107 Å². The van der Waals surface area contributed by atoms with E-state index >= 15 is 0 Å². The Morgan fingerprint density at radius 2 is 2.06 bits per heavy atom. The largest absolute Gasteiger partial charge is 0.493 e. The summed E-state index contributed by atoms with van der Waals surface area (Å²) in [6.45, 7) is 4.57. The van der Waals surface area contributed by atoms with Gasteiger partial charge in [0.15, 0.2) is 0 Å². The van der Waals surface area contributed by atoms with E-state index in [2.05, 4.69) is 0 Å². The SMILES string of the molecule is CCOC(=O)CC(C)COc1ccc(C#N)cc1. The highest BCUT2D eigenvalue weighted by atomic mass is 16.5. The molecule has 1 aromatic carbocycles. The van der Waals surface area contributed by atoms with Crippen LogP contribution in [0.4, 0.5) is 0 Å². The molecule has 18 heavy (non-hydrogen) atoms. The average Bonchev–Trinajstić information content (AvgIpc) is 2.37. The molecule has 4 nitrogen and oxygen atoms in total. The first kappa shape index (κ1) is 14.0. The molecular weight excluding hydrogens is 230 g/mol. The summed E-state index contributed by atoms with van der Waals surface area (Å²) in [7, 11) is 0. The number of benzene rings is 1. The van der Waals surface area contributed by atoms with Gasteiger partial charge in [0.05, 0.1) is 31.3 Å². The molecule has 0 N–H and O–H groups in total. The van der Waals surface area contributed by atoms with Crippen molar-refractivity contribution in [2.45, 2.75) is 20.3 Å². The molecule has 96 valence electrons. The Morgan fingerprint density at radius 3 is 2.61 bits per heavy atom. The van der Waals surface area contributed by atoms with Crippen LogP contribution in [0.3, 0.4) is 0 Å². The smallest absolute Gasteiger partial charge is 0.306 e. The maximum absolute atomic E-state index is 11.2. The van der Waals surface area contributed by atoms with E-state index in [1.54, 1.807) is 31.2 Å². The van der Waals surface area contributed by atoms with Gasteiger partial charge in [0.1, 0.15) is 5.75 Å². The van der Waals surface area contributed by atoms with Crippen LogP contribution in [0, 0.1) is 17.2 Å². The van der Waals surface area contributed by atoms with Crippen molar-refractivity contribution in [3.63, 3.8) is 0 Å². The Hall–Kier alpha value is -2.02. The van der Waals surface area contributed by atoms with Gasteiger partial charge in [0.25, 0.3) is 0 Å². The zero-order valence-corrected chi connectivity index (χ0v) is 10.7. The minimum Gasteiger partial charge on any atom is -0.493 e. The predicted molar refractivity (Wildman–Crippen MR) is 67.1 cm³/mol. The maximum atomic E-state index is 11.2. The zero-order valence-electron chi connectivity index (χ0n) is 10.7. The number of hydrogen-bond donors (Lipinski definition) is 0. The van der Waals surface area contributed by atoms with Crippen molar-refractivity contribution in [3.05, 3.63) is 29.8 Å². The summed E-state index contributed by atoms with van der Waals surface area (Å²) in [6.07, 6.45) is 0.351. The molecule has 0 aromatic heterocycles. The van der Waals surface area contributed by atoms with Crippen LogP contribution in [0.25, 0.3) is 0 Å². The fourth-order valence-corrected chi connectivity index (χ4v) is 1.43. The van der Waals surface area contributed by atoms with Gasteiger partial charge in [-0.1, -0.05) is 6.92 Å². The number of hydrogen-bond acceptors (Lipinski definition) is 4. The second kappa shape index (κ2) is 7.33. The third-order valence-electron chi connectivity index (χ3n) is 2.34. The zero-order chi connectivity index (χ0) is 13.4. The van der Waals surface area contributed by atoms with Crippen molar-refractivity contribution in [1.29, 1.82) is 5.26 Å². The summed E-state index contributed by atoms with van der Waals surface area (Å²) in [6, 6.07) is 8.93. The van der Waals surface area contributed by atoms with Crippen molar-refractivity contribution in [2.75, 3.05) is 13.2 Å². The molecule has 0 heterocycles. The van der Waals surface area contributed by atoms with Crippen molar-refractivity contribution in [3.8, 4) is 11.8 Å². The Bertz CT molecular complexity index is 420. The fourth-order valence-electron chi connectivity index (χ4n) is 1.43. The minimum atomic E-state index is -0.201. The molecule has 0 spiro atoms. The second-order valence-electron chi connectivity index (χ2n) is 4.06. The Balaban J connectivity index is 2.35. The topological polar surface area (TPSA) is 59.3 Å². The lowest BCUT2D eigenvalue weighted by molar-refractivity contribution is -0.144. The summed E-state index contributed by atoms with van der Waals surface area (Å²) < 4.78 is 10.4. The first-order valence-electron chi connectivity index (χ1n) is 5.94. The van der Waals surface area contributed by atoms with Crippen LogP contribution in [0.2, 0.25) is 0 Å². The van der Waals surface area contributed by atoms with Gasteiger partial charge in [-0.05, 0) is 31.2 Å². The number of nitrogens with zero attached hydrogens (tertiary/aromatic N) is 1. The van der Waals surface area contributed by atoms with Gasteiger partial charge in [0.2, 0.25) is 0 Å². The van der Waals surface area contributed by atoms with Crippen molar-refractivity contribution in [2.24, 2.45) is 5.92 Å². The highest BCUT2D eigenvalue weighted by molar-refractivity contribution is 5.69. The van der Waals surface area contributed by atoms with Crippen LogP contribution < -0.4 is 4.74 Å². The minimum absolute atomic E-state index is 0.0969. The third kappa shape index (κ3) is 4.88. The van der Waals surface area contributed by atoms with E-state index < -0.39 is 0 Å². The van der Waals surface area contributed by atoms with Crippen molar-refractivity contribution >= 4 is 5.97 Å². The molecule has 4 heteroatoms. The molecule has 0 saturated carbocycles. The average molecular weight is 247 g/mol. The number of esters is 1. The van der Waals surface area contributed by atoms with Gasteiger partial charge < -0.3 is 9.47 Å². The summed E-state index contributed by atoms with van der Waals surface area (Å²) in [4.78, 5) is 11.2. The number of ether oxygens (including phenoxy) is 2. The van der Waals surface area contributed by atoms with Crippen LogP contribution >= 0.6 is 0 Å². The summed E-state index contributed by atoms with van der Waals surface area (Å²) in [5.41, 5.74) is 0.599. The van der Waals surface area contributed by atoms with E-state index in [0.29, 0.717) is 30.9 Å². The summed E-state index contributed by atoms with van der Waals surface area (Å²) in [5, 5.41) is 8.65. The predicted octanol–water partition coefficient (Wildman–Crippen LogP) is 2.53.